The van der Waals surface area contributed by atoms with E-state index >= 15 is 0 Å². The molecule has 0 bridgehead atoms. The molecular weight excluding hydrogens is 372 g/mol. The number of hydrogen-bond donors (Lipinski definition) is 0. The largest absolute Gasteiger partial charge is 0.0713 e. The summed E-state index contributed by atoms with van der Waals surface area (Å²) >= 11 is 0. The Kier molecular flexibility index (Phi) is 4.82. The molecule has 154 valence electrons. The van der Waals surface area contributed by atoms with E-state index < -0.39 is 0 Å². The zero-order valence-electron chi connectivity index (χ0n) is 19.0. The molecular formula is C31H30. The first-order valence-corrected chi connectivity index (χ1v) is 11.5. The van der Waals surface area contributed by atoms with E-state index in [2.05, 4.69) is 113 Å². The summed E-state index contributed by atoms with van der Waals surface area (Å²) < 4.78 is 0. The van der Waals surface area contributed by atoms with Crippen LogP contribution in [0.2, 0.25) is 0 Å². The maximum absolute atomic E-state index is 2.43. The summed E-state index contributed by atoms with van der Waals surface area (Å²) in [6.45, 7) is 8.91. The second-order valence-electron chi connectivity index (χ2n) is 8.96. The van der Waals surface area contributed by atoms with Crippen molar-refractivity contribution in [1.82, 2.24) is 0 Å². The lowest BCUT2D eigenvalue weighted by atomic mass is 9.67. The molecule has 4 aromatic rings. The SMILES string of the molecule is CCc1cccc(C2(c3cccc(CC)c3)c3cc(C)ccc3-c3ccc(C)cc32)c1. The van der Waals surface area contributed by atoms with Crippen molar-refractivity contribution in [1.29, 1.82) is 0 Å². The predicted molar refractivity (Wildman–Crippen MR) is 132 cm³/mol. The third-order valence-corrected chi connectivity index (χ3v) is 6.98. The van der Waals surface area contributed by atoms with Crippen LogP contribution in [0.5, 0.6) is 0 Å². The van der Waals surface area contributed by atoms with E-state index in [9.17, 15) is 0 Å². The molecule has 5 rings (SSSR count). The molecule has 0 saturated carbocycles. The molecule has 0 spiro atoms. The highest BCUT2D eigenvalue weighted by molar-refractivity contribution is 5.86. The normalized spacial score (nSPS) is 13.7. The van der Waals surface area contributed by atoms with Crippen LogP contribution in [-0.4, -0.2) is 0 Å². The molecule has 0 atom stereocenters. The Balaban J connectivity index is 1.97. The fourth-order valence-corrected chi connectivity index (χ4v) is 5.39. The molecule has 0 fully saturated rings. The minimum atomic E-state index is -0.293. The van der Waals surface area contributed by atoms with Gasteiger partial charge in [0.15, 0.2) is 0 Å². The fraction of sp³-hybridized carbons (Fsp3) is 0.226. The van der Waals surface area contributed by atoms with E-state index in [0.717, 1.165) is 12.8 Å². The van der Waals surface area contributed by atoms with Gasteiger partial charge in [0.05, 0.1) is 5.41 Å². The van der Waals surface area contributed by atoms with E-state index in [0.29, 0.717) is 0 Å². The Morgan fingerprint density at radius 1 is 0.548 bits per heavy atom. The van der Waals surface area contributed by atoms with Gasteiger partial charge in [-0.1, -0.05) is 110 Å². The van der Waals surface area contributed by atoms with Gasteiger partial charge in [0, 0.05) is 0 Å². The highest BCUT2D eigenvalue weighted by Gasteiger charge is 2.46. The first-order chi connectivity index (χ1) is 15.1. The van der Waals surface area contributed by atoms with Gasteiger partial charge >= 0.3 is 0 Å². The number of benzene rings is 4. The van der Waals surface area contributed by atoms with Crippen molar-refractivity contribution in [3.05, 3.63) is 129 Å². The van der Waals surface area contributed by atoms with Crippen LogP contribution >= 0.6 is 0 Å². The van der Waals surface area contributed by atoms with Gasteiger partial charge in [0.2, 0.25) is 0 Å². The van der Waals surface area contributed by atoms with Gasteiger partial charge < -0.3 is 0 Å². The molecule has 0 nitrogen and oxygen atoms in total. The van der Waals surface area contributed by atoms with Crippen molar-refractivity contribution in [3.8, 4) is 11.1 Å². The van der Waals surface area contributed by atoms with Crippen molar-refractivity contribution in [2.24, 2.45) is 0 Å². The molecule has 0 unspecified atom stereocenters. The number of hydrogen-bond acceptors (Lipinski definition) is 0. The summed E-state index contributed by atoms with van der Waals surface area (Å²) in [5, 5.41) is 0. The Morgan fingerprint density at radius 3 is 1.42 bits per heavy atom. The molecule has 0 radical (unpaired) electrons. The highest BCUT2D eigenvalue weighted by Crippen LogP contribution is 2.56. The van der Waals surface area contributed by atoms with Crippen molar-refractivity contribution >= 4 is 0 Å². The molecule has 0 saturated heterocycles. The highest BCUT2D eigenvalue weighted by atomic mass is 14.5. The van der Waals surface area contributed by atoms with Crippen LogP contribution in [-0.2, 0) is 18.3 Å². The number of aryl methyl sites for hydroxylation is 4. The summed E-state index contributed by atoms with van der Waals surface area (Å²) in [4.78, 5) is 0. The topological polar surface area (TPSA) is 0 Å². The molecule has 0 amide bonds. The summed E-state index contributed by atoms with van der Waals surface area (Å²) in [7, 11) is 0. The second-order valence-corrected chi connectivity index (χ2v) is 8.96. The Hall–Kier alpha value is -3.12. The first-order valence-electron chi connectivity index (χ1n) is 11.5. The van der Waals surface area contributed by atoms with Gasteiger partial charge in [-0.2, -0.15) is 0 Å². The minimum Gasteiger partial charge on any atom is -0.0617 e. The van der Waals surface area contributed by atoms with Gasteiger partial charge in [-0.15, -0.1) is 0 Å². The standard InChI is InChI=1S/C31H30/c1-5-23-9-7-11-25(19-23)31(26-12-8-10-24(6-2)20-26)29-17-21(3)13-15-27(29)28-16-14-22(4)18-30(28)31/h7-20H,5-6H2,1-4H3. The molecule has 1 aliphatic rings. The second kappa shape index (κ2) is 7.54. The van der Waals surface area contributed by atoms with Crippen LogP contribution < -0.4 is 0 Å². The van der Waals surface area contributed by atoms with Crippen LogP contribution in [0, 0.1) is 13.8 Å². The summed E-state index contributed by atoms with van der Waals surface area (Å²) in [5.74, 6) is 0. The van der Waals surface area contributed by atoms with E-state index in [1.165, 1.54) is 55.6 Å². The van der Waals surface area contributed by atoms with Crippen molar-refractivity contribution < 1.29 is 0 Å². The Labute approximate surface area is 186 Å². The van der Waals surface area contributed by atoms with Gasteiger partial charge in [-0.3, -0.25) is 0 Å². The maximum atomic E-state index is 2.43. The lowest BCUT2D eigenvalue weighted by Gasteiger charge is -2.35. The van der Waals surface area contributed by atoms with E-state index in [-0.39, 0.29) is 5.41 Å². The lowest BCUT2D eigenvalue weighted by Crippen LogP contribution is -2.29. The van der Waals surface area contributed by atoms with Crippen LogP contribution in [0.15, 0.2) is 84.9 Å². The summed E-state index contributed by atoms with van der Waals surface area (Å²) in [6, 6.07) is 32.5. The third-order valence-electron chi connectivity index (χ3n) is 6.98. The monoisotopic (exact) mass is 402 g/mol. The van der Waals surface area contributed by atoms with Gasteiger partial charge in [-0.25, -0.2) is 0 Å². The van der Waals surface area contributed by atoms with Gasteiger partial charge in [0.25, 0.3) is 0 Å². The molecule has 31 heavy (non-hydrogen) atoms. The van der Waals surface area contributed by atoms with Crippen LogP contribution in [0.4, 0.5) is 0 Å². The van der Waals surface area contributed by atoms with Crippen molar-refractivity contribution in [3.63, 3.8) is 0 Å². The summed E-state index contributed by atoms with van der Waals surface area (Å²) in [6.07, 6.45) is 2.08. The van der Waals surface area contributed by atoms with Gasteiger partial charge in [0.1, 0.15) is 0 Å². The molecule has 0 heteroatoms. The average molecular weight is 403 g/mol. The molecule has 0 aromatic heterocycles. The molecule has 0 aliphatic heterocycles. The van der Waals surface area contributed by atoms with Crippen LogP contribution in [0.25, 0.3) is 11.1 Å². The van der Waals surface area contributed by atoms with E-state index in [1.54, 1.807) is 0 Å². The van der Waals surface area contributed by atoms with Crippen molar-refractivity contribution in [2.75, 3.05) is 0 Å². The smallest absolute Gasteiger partial charge is 0.0617 e. The number of fused-ring (bicyclic) bond motifs is 3. The van der Waals surface area contributed by atoms with Crippen molar-refractivity contribution in [2.45, 2.75) is 46.0 Å². The Morgan fingerprint density at radius 2 is 1.00 bits per heavy atom. The zero-order chi connectivity index (χ0) is 21.6. The van der Waals surface area contributed by atoms with Crippen LogP contribution in [0.3, 0.4) is 0 Å². The van der Waals surface area contributed by atoms with E-state index in [4.69, 9.17) is 0 Å². The molecule has 4 aromatic carbocycles. The maximum Gasteiger partial charge on any atom is 0.0713 e. The Bertz CT molecular complexity index is 1170. The zero-order valence-corrected chi connectivity index (χ0v) is 19.0. The fourth-order valence-electron chi connectivity index (χ4n) is 5.39. The third kappa shape index (κ3) is 2.97. The predicted octanol–water partition coefficient (Wildman–Crippen LogP) is 7.79. The summed E-state index contributed by atoms with van der Waals surface area (Å²) in [5.41, 5.74) is 13.4. The number of rotatable bonds is 4. The van der Waals surface area contributed by atoms with Gasteiger partial charge in [-0.05, 0) is 71.2 Å². The molecule has 1 aliphatic carbocycles. The first kappa shape index (κ1) is 19.8. The van der Waals surface area contributed by atoms with Crippen LogP contribution in [0.1, 0.15) is 58.4 Å². The minimum absolute atomic E-state index is 0.293. The lowest BCUT2D eigenvalue weighted by molar-refractivity contribution is 0.762. The molecule has 0 heterocycles. The molecule has 0 N–H and O–H groups in total. The average Bonchev–Trinajstić information content (AvgIpc) is 3.08. The quantitative estimate of drug-likeness (QED) is 0.288. The van der Waals surface area contributed by atoms with E-state index in [1.807, 2.05) is 0 Å².